The van der Waals surface area contributed by atoms with E-state index in [2.05, 4.69) is 15.6 Å². The summed E-state index contributed by atoms with van der Waals surface area (Å²) in [4.78, 5) is 37.4. The molecule has 2 aromatic heterocycles. The van der Waals surface area contributed by atoms with Gasteiger partial charge in [0, 0.05) is 12.4 Å². The van der Waals surface area contributed by atoms with Crippen molar-refractivity contribution in [2.75, 3.05) is 6.61 Å². The van der Waals surface area contributed by atoms with Gasteiger partial charge in [-0.05, 0) is 24.1 Å². The largest absolute Gasteiger partial charge is 0.483 e. The molecule has 0 aliphatic carbocycles. The van der Waals surface area contributed by atoms with E-state index in [1.807, 2.05) is 66.2 Å². The van der Waals surface area contributed by atoms with Gasteiger partial charge in [0.2, 0.25) is 5.91 Å². The minimum atomic E-state index is -0.788. The topological polar surface area (TPSA) is 122 Å². The molecular formula is C21H22N4O5. The molecule has 1 aliphatic rings. The van der Waals surface area contributed by atoms with Crippen molar-refractivity contribution in [1.29, 1.82) is 0 Å². The second-order valence-corrected chi connectivity index (χ2v) is 6.67. The number of carbonyl (C=O) groups excluding carboxylic acids is 2. The van der Waals surface area contributed by atoms with Crippen molar-refractivity contribution in [2.45, 2.75) is 25.6 Å². The van der Waals surface area contributed by atoms with Crippen molar-refractivity contribution in [3.05, 3.63) is 71.7 Å². The Balaban J connectivity index is 0.000000806. The van der Waals surface area contributed by atoms with Gasteiger partial charge >= 0.3 is 0 Å². The van der Waals surface area contributed by atoms with E-state index in [9.17, 15) is 9.59 Å². The number of aromatic nitrogens is 2. The number of hydrogen-bond acceptors (Lipinski definition) is 5. The normalized spacial score (nSPS) is 18.1. The van der Waals surface area contributed by atoms with E-state index in [-0.39, 0.29) is 31.4 Å². The summed E-state index contributed by atoms with van der Waals surface area (Å²) in [7, 11) is 0. The minimum absolute atomic E-state index is 0.130. The Morgan fingerprint density at radius 3 is 2.77 bits per heavy atom. The predicted octanol–water partition coefficient (Wildman–Crippen LogP) is 1.22. The number of nitrogens with zero attached hydrogens (tertiary/aromatic N) is 2. The number of hydrogen-bond donors (Lipinski definition) is 3. The van der Waals surface area contributed by atoms with Crippen LogP contribution in [-0.2, 0) is 25.7 Å². The zero-order chi connectivity index (χ0) is 21.5. The summed E-state index contributed by atoms with van der Waals surface area (Å²) in [5, 5.41) is 12.6. The highest BCUT2D eigenvalue weighted by Crippen LogP contribution is 2.22. The van der Waals surface area contributed by atoms with E-state index in [1.54, 1.807) is 0 Å². The first-order valence-electron chi connectivity index (χ1n) is 9.28. The van der Waals surface area contributed by atoms with Crippen LogP contribution in [0.25, 0.3) is 5.65 Å². The lowest BCUT2D eigenvalue weighted by Crippen LogP contribution is -2.52. The van der Waals surface area contributed by atoms with Gasteiger partial charge in [0.15, 0.2) is 6.10 Å². The number of amides is 2. The average Bonchev–Trinajstić information content (AvgIpc) is 3.18. The Hall–Kier alpha value is -3.72. The number of pyridine rings is 1. The third-order valence-electron chi connectivity index (χ3n) is 4.60. The Bertz CT molecular complexity index is 1030. The molecule has 4 rings (SSSR count). The first-order valence-corrected chi connectivity index (χ1v) is 9.28. The number of aryl methyl sites for hydroxylation is 1. The Morgan fingerprint density at radius 1 is 1.33 bits per heavy atom. The summed E-state index contributed by atoms with van der Waals surface area (Å²) in [5.41, 5.74) is 3.52. The van der Waals surface area contributed by atoms with E-state index in [1.165, 1.54) is 0 Å². The van der Waals surface area contributed by atoms with Gasteiger partial charge in [-0.3, -0.25) is 14.4 Å². The summed E-state index contributed by atoms with van der Waals surface area (Å²) >= 11 is 0. The molecule has 2 amide bonds. The van der Waals surface area contributed by atoms with Crippen molar-refractivity contribution in [3.63, 3.8) is 0 Å². The van der Waals surface area contributed by atoms with Crippen LogP contribution in [0.2, 0.25) is 0 Å². The molecule has 2 atom stereocenters. The molecule has 0 saturated carbocycles. The number of nitrogens with one attached hydrogen (secondary N) is 2. The van der Waals surface area contributed by atoms with Crippen LogP contribution in [0.3, 0.4) is 0 Å². The van der Waals surface area contributed by atoms with E-state index < -0.39 is 12.1 Å². The van der Waals surface area contributed by atoms with Crippen LogP contribution in [0, 0.1) is 6.92 Å². The second-order valence-electron chi connectivity index (χ2n) is 6.67. The fraction of sp³-hybridized carbons (Fsp3) is 0.238. The number of rotatable bonds is 4. The molecule has 0 radical (unpaired) electrons. The van der Waals surface area contributed by atoms with Crippen molar-refractivity contribution in [1.82, 2.24) is 20.0 Å². The van der Waals surface area contributed by atoms with Gasteiger partial charge < -0.3 is 24.9 Å². The summed E-state index contributed by atoms with van der Waals surface area (Å²) in [5.74, 6) is -0.513. The van der Waals surface area contributed by atoms with Crippen molar-refractivity contribution in [3.8, 4) is 0 Å². The highest BCUT2D eigenvalue weighted by Gasteiger charge is 2.35. The summed E-state index contributed by atoms with van der Waals surface area (Å²) in [6.07, 6.45) is 3.02. The lowest BCUT2D eigenvalue weighted by Gasteiger charge is -2.31. The molecule has 9 heteroatoms. The maximum absolute atomic E-state index is 12.7. The standard InChI is InChI=1S/C20H20N4O3.CH2O2/c1-13-6-5-9-24-11-15(22-19(13)24)10-21-20(26)18-17(23-16(25)12-27-18)14-7-3-2-4-8-14;2-1-3/h2-9,11,17-18H,10,12H2,1H3,(H,21,26)(H,23,25);1H,(H,2,3)/t17-,18+;/m1./s1. The molecule has 156 valence electrons. The molecule has 1 fully saturated rings. The fourth-order valence-corrected chi connectivity index (χ4v) is 3.27. The molecule has 0 bridgehead atoms. The van der Waals surface area contributed by atoms with Gasteiger partial charge in [-0.15, -0.1) is 0 Å². The van der Waals surface area contributed by atoms with Gasteiger partial charge in [-0.1, -0.05) is 36.4 Å². The SMILES string of the molecule is Cc1cccn2cc(CNC(=O)[C@H]3OCC(=O)N[C@@H]3c3ccccc3)nc12.O=CO. The average molecular weight is 410 g/mol. The predicted molar refractivity (Wildman–Crippen MR) is 108 cm³/mol. The van der Waals surface area contributed by atoms with Gasteiger partial charge in [0.05, 0.1) is 18.3 Å². The number of imidazole rings is 1. The van der Waals surface area contributed by atoms with E-state index in [4.69, 9.17) is 14.6 Å². The molecule has 0 spiro atoms. The van der Waals surface area contributed by atoms with Gasteiger partial charge in [-0.25, -0.2) is 4.98 Å². The third kappa shape index (κ3) is 4.81. The van der Waals surface area contributed by atoms with E-state index in [0.29, 0.717) is 0 Å². The lowest BCUT2D eigenvalue weighted by molar-refractivity contribution is -0.148. The van der Waals surface area contributed by atoms with Gasteiger partial charge in [0.1, 0.15) is 12.3 Å². The van der Waals surface area contributed by atoms with Crippen LogP contribution < -0.4 is 10.6 Å². The van der Waals surface area contributed by atoms with Crippen LogP contribution in [0.5, 0.6) is 0 Å². The van der Waals surface area contributed by atoms with Crippen LogP contribution in [0.1, 0.15) is 22.9 Å². The number of carbonyl (C=O) groups is 3. The summed E-state index contributed by atoms with van der Waals surface area (Å²) < 4.78 is 7.47. The molecule has 1 aliphatic heterocycles. The van der Waals surface area contributed by atoms with Crippen LogP contribution in [0.15, 0.2) is 54.9 Å². The van der Waals surface area contributed by atoms with Gasteiger partial charge in [-0.2, -0.15) is 0 Å². The summed E-state index contributed by atoms with van der Waals surface area (Å²) in [6.45, 7) is 1.90. The molecule has 1 saturated heterocycles. The van der Waals surface area contributed by atoms with E-state index in [0.717, 1.165) is 22.5 Å². The number of fused-ring (bicyclic) bond motifs is 1. The molecule has 3 aromatic rings. The fourth-order valence-electron chi connectivity index (χ4n) is 3.27. The Kier molecular flexibility index (Phi) is 6.76. The molecule has 0 unspecified atom stereocenters. The Morgan fingerprint density at radius 2 is 2.07 bits per heavy atom. The molecule has 3 N–H and O–H groups in total. The summed E-state index contributed by atoms with van der Waals surface area (Å²) in [6, 6.07) is 12.8. The van der Waals surface area contributed by atoms with Crippen molar-refractivity contribution in [2.24, 2.45) is 0 Å². The first-order chi connectivity index (χ1) is 14.5. The number of morpholine rings is 1. The molecule has 3 heterocycles. The molecule has 9 nitrogen and oxygen atoms in total. The lowest BCUT2D eigenvalue weighted by atomic mass is 9.99. The zero-order valence-electron chi connectivity index (χ0n) is 16.3. The second kappa shape index (κ2) is 9.66. The van der Waals surface area contributed by atoms with Crippen LogP contribution >= 0.6 is 0 Å². The number of carboxylic acid groups (broad SMARTS) is 1. The zero-order valence-corrected chi connectivity index (χ0v) is 16.3. The third-order valence-corrected chi connectivity index (χ3v) is 4.60. The maximum atomic E-state index is 12.7. The van der Waals surface area contributed by atoms with Crippen LogP contribution in [0.4, 0.5) is 0 Å². The quantitative estimate of drug-likeness (QED) is 0.556. The highest BCUT2D eigenvalue weighted by molar-refractivity contribution is 5.86. The van der Waals surface area contributed by atoms with Crippen molar-refractivity contribution >= 4 is 23.9 Å². The van der Waals surface area contributed by atoms with Gasteiger partial charge in [0.25, 0.3) is 12.4 Å². The number of ether oxygens (including phenoxy) is 1. The first kappa shape index (κ1) is 21.0. The molecule has 30 heavy (non-hydrogen) atoms. The maximum Gasteiger partial charge on any atom is 0.290 e. The number of benzene rings is 1. The molecule has 1 aromatic carbocycles. The van der Waals surface area contributed by atoms with Crippen LogP contribution in [-0.4, -0.2) is 45.5 Å². The minimum Gasteiger partial charge on any atom is -0.483 e. The Labute approximate surface area is 172 Å². The van der Waals surface area contributed by atoms with Crippen molar-refractivity contribution < 1.29 is 24.2 Å². The smallest absolute Gasteiger partial charge is 0.290 e. The molecular weight excluding hydrogens is 388 g/mol. The van der Waals surface area contributed by atoms with E-state index >= 15 is 0 Å². The highest BCUT2D eigenvalue weighted by atomic mass is 16.5. The monoisotopic (exact) mass is 410 g/mol.